The van der Waals surface area contributed by atoms with E-state index in [4.69, 9.17) is 15.9 Å². The van der Waals surface area contributed by atoms with Gasteiger partial charge in [0, 0.05) is 6.07 Å². The van der Waals surface area contributed by atoms with Crippen molar-refractivity contribution in [3.8, 4) is 24.0 Å². The average molecular weight is 338 g/mol. The van der Waals surface area contributed by atoms with Gasteiger partial charge in [-0.2, -0.15) is 0 Å². The maximum atomic E-state index is 12.2. The Balaban J connectivity index is 1.95. The number of terminal acetylenes is 1. The molecule has 25 heavy (non-hydrogen) atoms. The van der Waals surface area contributed by atoms with Crippen LogP contribution >= 0.6 is 0 Å². The molecule has 2 rings (SSSR count). The molecule has 5 heteroatoms. The number of pyridine rings is 1. The molecule has 0 saturated carbocycles. The fourth-order valence-electron chi connectivity index (χ4n) is 2.20. The van der Waals surface area contributed by atoms with Crippen molar-refractivity contribution in [2.45, 2.75) is 26.5 Å². The van der Waals surface area contributed by atoms with E-state index in [-0.39, 0.29) is 18.5 Å². The highest BCUT2D eigenvalue weighted by Gasteiger charge is 2.22. The highest BCUT2D eigenvalue weighted by Crippen LogP contribution is 2.19. The minimum atomic E-state index is -0.445. The van der Waals surface area contributed by atoms with E-state index in [0.29, 0.717) is 23.9 Å². The molecule has 0 aliphatic carbocycles. The molecule has 5 nitrogen and oxygen atoms in total. The molecule has 0 bridgehead atoms. The van der Waals surface area contributed by atoms with Crippen LogP contribution in [0.2, 0.25) is 0 Å². The van der Waals surface area contributed by atoms with Crippen LogP contribution in [-0.4, -0.2) is 23.5 Å². The number of carbonyl (C=O) groups excluding carboxylic acids is 1. The van der Waals surface area contributed by atoms with Gasteiger partial charge in [-0.05, 0) is 24.1 Å². The number of carbonyl (C=O) groups is 1. The first kappa shape index (κ1) is 18.5. The molecular weight excluding hydrogens is 316 g/mol. The second-order valence-corrected chi connectivity index (χ2v) is 5.80. The highest BCUT2D eigenvalue weighted by molar-refractivity contribution is 5.76. The third kappa shape index (κ3) is 5.94. The predicted molar refractivity (Wildman–Crippen MR) is 96.0 cm³/mol. The van der Waals surface area contributed by atoms with Crippen molar-refractivity contribution in [2.24, 2.45) is 5.92 Å². The molecule has 1 N–H and O–H groups in total. The number of benzene rings is 1. The van der Waals surface area contributed by atoms with Crippen molar-refractivity contribution in [1.82, 2.24) is 10.3 Å². The van der Waals surface area contributed by atoms with Crippen molar-refractivity contribution in [1.29, 1.82) is 0 Å². The summed E-state index contributed by atoms with van der Waals surface area (Å²) in [6.07, 6.45) is 5.23. The molecule has 1 aromatic carbocycles. The molecule has 0 amide bonds. The molecule has 2 aromatic rings. The van der Waals surface area contributed by atoms with Gasteiger partial charge in [0.15, 0.2) is 0 Å². The summed E-state index contributed by atoms with van der Waals surface area (Å²) in [5, 5.41) is 2.99. The van der Waals surface area contributed by atoms with Gasteiger partial charge in [0.2, 0.25) is 5.88 Å². The number of esters is 1. The average Bonchev–Trinajstić information content (AvgIpc) is 2.61. The van der Waals surface area contributed by atoms with Gasteiger partial charge in [-0.25, -0.2) is 4.98 Å². The molecule has 1 atom stereocenters. The molecule has 0 spiro atoms. The second kappa shape index (κ2) is 9.45. The summed E-state index contributed by atoms with van der Waals surface area (Å²) in [5.41, 5.74) is 0.612. The van der Waals surface area contributed by atoms with Gasteiger partial charge in [0.25, 0.3) is 0 Å². The summed E-state index contributed by atoms with van der Waals surface area (Å²) in [7, 11) is 0. The Morgan fingerprint density at radius 3 is 2.64 bits per heavy atom. The zero-order valence-electron chi connectivity index (χ0n) is 14.4. The van der Waals surface area contributed by atoms with E-state index >= 15 is 0 Å². The van der Waals surface area contributed by atoms with Gasteiger partial charge < -0.3 is 9.47 Å². The van der Waals surface area contributed by atoms with Gasteiger partial charge in [0.05, 0.1) is 12.2 Å². The van der Waals surface area contributed by atoms with Gasteiger partial charge in [-0.3, -0.25) is 10.1 Å². The first-order valence-electron chi connectivity index (χ1n) is 8.12. The Hall–Kier alpha value is -2.84. The van der Waals surface area contributed by atoms with E-state index in [0.717, 1.165) is 0 Å². The Morgan fingerprint density at radius 2 is 1.96 bits per heavy atom. The van der Waals surface area contributed by atoms with E-state index in [1.54, 1.807) is 12.1 Å². The van der Waals surface area contributed by atoms with Crippen molar-refractivity contribution >= 4 is 5.97 Å². The molecule has 0 saturated heterocycles. The zero-order chi connectivity index (χ0) is 18.1. The second-order valence-electron chi connectivity index (χ2n) is 5.80. The minimum Gasteiger partial charge on any atom is -0.458 e. The minimum absolute atomic E-state index is 0.0709. The molecule has 0 fully saturated rings. The third-order valence-corrected chi connectivity index (χ3v) is 3.45. The summed E-state index contributed by atoms with van der Waals surface area (Å²) in [5.74, 6) is 3.34. The predicted octanol–water partition coefficient (Wildman–Crippen LogP) is 3.16. The number of para-hydroxylation sites is 1. The fraction of sp³-hybridized carbons (Fsp3) is 0.300. The van der Waals surface area contributed by atoms with Crippen LogP contribution < -0.4 is 10.1 Å². The zero-order valence-corrected chi connectivity index (χ0v) is 14.4. The van der Waals surface area contributed by atoms with Crippen molar-refractivity contribution in [2.75, 3.05) is 6.54 Å². The number of hydrogen-bond acceptors (Lipinski definition) is 5. The summed E-state index contributed by atoms with van der Waals surface area (Å²) in [6.45, 7) is 4.26. The summed E-state index contributed by atoms with van der Waals surface area (Å²) in [4.78, 5) is 16.6. The maximum Gasteiger partial charge on any atom is 0.323 e. The summed E-state index contributed by atoms with van der Waals surface area (Å²) < 4.78 is 11.0. The quantitative estimate of drug-likeness (QED) is 0.592. The molecule has 1 aromatic heterocycles. The van der Waals surface area contributed by atoms with E-state index in [2.05, 4.69) is 16.2 Å². The van der Waals surface area contributed by atoms with Gasteiger partial charge in [-0.15, -0.1) is 6.42 Å². The van der Waals surface area contributed by atoms with Gasteiger partial charge in [0.1, 0.15) is 18.4 Å². The fourth-order valence-corrected chi connectivity index (χ4v) is 2.20. The van der Waals surface area contributed by atoms with E-state index < -0.39 is 6.04 Å². The molecule has 0 aliphatic heterocycles. The van der Waals surface area contributed by atoms with Crippen LogP contribution in [0.25, 0.3) is 0 Å². The third-order valence-electron chi connectivity index (χ3n) is 3.45. The number of rotatable bonds is 8. The SMILES string of the molecule is C#CCNC(C(=O)OCc1cccc(Oc2ccccc2)n1)C(C)C. The smallest absolute Gasteiger partial charge is 0.323 e. The van der Waals surface area contributed by atoms with E-state index in [1.807, 2.05) is 50.2 Å². The van der Waals surface area contributed by atoms with Gasteiger partial charge >= 0.3 is 5.97 Å². The van der Waals surface area contributed by atoms with Crippen LogP contribution in [0.5, 0.6) is 11.6 Å². The number of aromatic nitrogens is 1. The van der Waals surface area contributed by atoms with Crippen molar-refractivity contribution in [3.63, 3.8) is 0 Å². The lowest BCUT2D eigenvalue weighted by Gasteiger charge is -2.19. The highest BCUT2D eigenvalue weighted by atomic mass is 16.5. The van der Waals surface area contributed by atoms with Gasteiger partial charge in [-0.1, -0.05) is 44.0 Å². The summed E-state index contributed by atoms with van der Waals surface area (Å²) in [6, 6.07) is 14.3. The number of hydrogen-bond donors (Lipinski definition) is 1. The molecule has 1 unspecified atom stereocenters. The number of ether oxygens (including phenoxy) is 2. The Labute approximate surface area is 148 Å². The Kier molecular flexibility index (Phi) is 7.00. The van der Waals surface area contributed by atoms with Crippen LogP contribution in [0.15, 0.2) is 48.5 Å². The normalized spacial score (nSPS) is 11.6. The standard InChI is InChI=1S/C20H22N2O3/c1-4-13-21-19(15(2)3)20(23)24-14-16-9-8-12-18(22-16)25-17-10-6-5-7-11-17/h1,5-12,15,19,21H,13-14H2,2-3H3. The van der Waals surface area contributed by atoms with Crippen LogP contribution in [-0.2, 0) is 16.1 Å². The Bertz CT molecular complexity index is 723. The maximum absolute atomic E-state index is 12.2. The molecule has 1 heterocycles. The first-order valence-corrected chi connectivity index (χ1v) is 8.12. The van der Waals surface area contributed by atoms with Crippen LogP contribution in [0.1, 0.15) is 19.5 Å². The topological polar surface area (TPSA) is 60.5 Å². The van der Waals surface area contributed by atoms with E-state index in [9.17, 15) is 4.79 Å². The lowest BCUT2D eigenvalue weighted by Crippen LogP contribution is -2.42. The van der Waals surface area contributed by atoms with Crippen molar-refractivity contribution in [3.05, 3.63) is 54.2 Å². The number of nitrogens with zero attached hydrogens (tertiary/aromatic N) is 1. The monoisotopic (exact) mass is 338 g/mol. The molecule has 0 radical (unpaired) electrons. The number of nitrogens with one attached hydrogen (secondary N) is 1. The van der Waals surface area contributed by atoms with Crippen LogP contribution in [0.4, 0.5) is 0 Å². The molecule has 130 valence electrons. The largest absolute Gasteiger partial charge is 0.458 e. The molecular formula is C20H22N2O3. The Morgan fingerprint density at radius 1 is 1.20 bits per heavy atom. The first-order chi connectivity index (χ1) is 12.1. The summed E-state index contributed by atoms with van der Waals surface area (Å²) >= 11 is 0. The van der Waals surface area contributed by atoms with E-state index in [1.165, 1.54) is 0 Å². The van der Waals surface area contributed by atoms with Crippen molar-refractivity contribution < 1.29 is 14.3 Å². The van der Waals surface area contributed by atoms with Crippen LogP contribution in [0, 0.1) is 18.3 Å². The lowest BCUT2D eigenvalue weighted by molar-refractivity contribution is -0.148. The van der Waals surface area contributed by atoms with Crippen LogP contribution in [0.3, 0.4) is 0 Å². The lowest BCUT2D eigenvalue weighted by atomic mass is 10.0. The molecule has 0 aliphatic rings.